The maximum atomic E-state index is 12.3. The summed E-state index contributed by atoms with van der Waals surface area (Å²) < 4.78 is 7.19. The highest BCUT2D eigenvalue weighted by Gasteiger charge is 2.24. The van der Waals surface area contributed by atoms with Crippen LogP contribution in [0.5, 0.6) is 0 Å². The summed E-state index contributed by atoms with van der Waals surface area (Å²) >= 11 is 3.38. The molecule has 0 spiro atoms. The van der Waals surface area contributed by atoms with Crippen LogP contribution in [-0.2, 0) is 4.74 Å². The minimum Gasteiger partial charge on any atom is -0.465 e. The van der Waals surface area contributed by atoms with E-state index in [2.05, 4.69) is 15.9 Å². The van der Waals surface area contributed by atoms with E-state index >= 15 is 0 Å². The minimum absolute atomic E-state index is 0.204. The fourth-order valence-electron chi connectivity index (χ4n) is 2.20. The largest absolute Gasteiger partial charge is 0.465 e. The minimum atomic E-state index is -0.448. The first-order valence-electron chi connectivity index (χ1n) is 5.99. The van der Waals surface area contributed by atoms with Crippen LogP contribution in [-0.4, -0.2) is 42.7 Å². The zero-order valence-corrected chi connectivity index (χ0v) is 13.3. The quantitative estimate of drug-likeness (QED) is 0.751. The van der Waals surface area contributed by atoms with E-state index in [-0.39, 0.29) is 6.03 Å². The number of nitrogens with zero attached hydrogens (tertiary/aromatic N) is 2. The van der Waals surface area contributed by atoms with E-state index in [1.165, 1.54) is 16.6 Å². The summed E-state index contributed by atoms with van der Waals surface area (Å²) in [6, 6.07) is 5.25. The molecule has 1 aromatic heterocycles. The molecule has 0 bridgehead atoms. The van der Waals surface area contributed by atoms with Crippen molar-refractivity contribution in [2.24, 2.45) is 0 Å². The van der Waals surface area contributed by atoms with Gasteiger partial charge in [-0.2, -0.15) is 0 Å². The Morgan fingerprint density at radius 2 is 1.95 bits per heavy atom. The SMILES string of the molecule is COC(=O)c1c(C)n(C(=O)N(C)C)c2ccc(Br)cc12. The number of benzene rings is 1. The lowest BCUT2D eigenvalue weighted by molar-refractivity contribution is 0.0602. The smallest absolute Gasteiger partial charge is 0.340 e. The molecule has 0 aliphatic carbocycles. The molecule has 0 radical (unpaired) electrons. The normalized spacial score (nSPS) is 10.7. The van der Waals surface area contributed by atoms with Crippen molar-refractivity contribution in [2.75, 3.05) is 21.2 Å². The number of rotatable bonds is 1. The molecule has 0 saturated carbocycles. The Morgan fingerprint density at radius 3 is 2.50 bits per heavy atom. The highest BCUT2D eigenvalue weighted by atomic mass is 79.9. The second-order valence-electron chi connectivity index (χ2n) is 4.63. The van der Waals surface area contributed by atoms with Crippen LogP contribution in [0.15, 0.2) is 22.7 Å². The molecule has 106 valence electrons. The van der Waals surface area contributed by atoms with Crippen molar-refractivity contribution in [3.8, 4) is 0 Å². The Hall–Kier alpha value is -1.82. The predicted molar refractivity (Wildman–Crippen MR) is 80.2 cm³/mol. The lowest BCUT2D eigenvalue weighted by atomic mass is 10.1. The number of carbonyl (C=O) groups is 2. The first kappa shape index (κ1) is 14.6. The first-order chi connectivity index (χ1) is 9.38. The highest BCUT2D eigenvalue weighted by molar-refractivity contribution is 9.10. The third-order valence-corrected chi connectivity index (χ3v) is 3.62. The molecule has 1 amide bonds. The monoisotopic (exact) mass is 338 g/mol. The fourth-order valence-corrected chi connectivity index (χ4v) is 2.56. The molecule has 2 aromatic rings. The van der Waals surface area contributed by atoms with E-state index in [0.29, 0.717) is 22.2 Å². The van der Waals surface area contributed by atoms with Crippen molar-refractivity contribution in [3.63, 3.8) is 0 Å². The Morgan fingerprint density at radius 1 is 1.30 bits per heavy atom. The topological polar surface area (TPSA) is 51.5 Å². The molecule has 2 rings (SSSR count). The lowest BCUT2D eigenvalue weighted by Gasteiger charge is -2.13. The number of methoxy groups -OCH3 is 1. The van der Waals surface area contributed by atoms with E-state index in [0.717, 1.165) is 4.47 Å². The Kier molecular flexibility index (Phi) is 3.85. The van der Waals surface area contributed by atoms with Crippen molar-refractivity contribution < 1.29 is 14.3 Å². The van der Waals surface area contributed by atoms with Gasteiger partial charge in [-0.1, -0.05) is 15.9 Å². The summed E-state index contributed by atoms with van der Waals surface area (Å²) in [6.45, 7) is 1.74. The fraction of sp³-hybridized carbons (Fsp3) is 0.286. The van der Waals surface area contributed by atoms with Gasteiger partial charge in [0.2, 0.25) is 0 Å². The van der Waals surface area contributed by atoms with E-state index in [1.807, 2.05) is 12.1 Å². The maximum Gasteiger partial charge on any atom is 0.340 e. The molecule has 20 heavy (non-hydrogen) atoms. The van der Waals surface area contributed by atoms with Gasteiger partial charge in [0, 0.05) is 29.6 Å². The molecular formula is C14H15BrN2O3. The summed E-state index contributed by atoms with van der Waals surface area (Å²) in [7, 11) is 4.67. The molecule has 0 aliphatic rings. The molecule has 1 heterocycles. The van der Waals surface area contributed by atoms with Crippen molar-refractivity contribution in [2.45, 2.75) is 6.92 Å². The lowest BCUT2D eigenvalue weighted by Crippen LogP contribution is -2.28. The Bertz CT molecular complexity index is 704. The van der Waals surface area contributed by atoms with Gasteiger partial charge >= 0.3 is 12.0 Å². The van der Waals surface area contributed by atoms with Gasteiger partial charge in [0.1, 0.15) is 0 Å². The molecule has 0 aliphatic heterocycles. The average Bonchev–Trinajstić information content (AvgIpc) is 2.68. The standard InChI is InChI=1S/C14H15BrN2O3/c1-8-12(13(18)20-4)10-7-9(15)5-6-11(10)17(8)14(19)16(2)3/h5-7H,1-4H3. The van der Waals surface area contributed by atoms with Crippen molar-refractivity contribution in [1.82, 2.24) is 9.47 Å². The number of halogens is 1. The van der Waals surface area contributed by atoms with Crippen LogP contribution in [0, 0.1) is 6.92 Å². The number of carbonyl (C=O) groups excluding carboxylic acids is 2. The van der Waals surface area contributed by atoms with Crippen LogP contribution in [0.1, 0.15) is 16.1 Å². The molecule has 0 unspecified atom stereocenters. The highest BCUT2D eigenvalue weighted by Crippen LogP contribution is 2.29. The zero-order valence-electron chi connectivity index (χ0n) is 11.7. The third kappa shape index (κ3) is 2.20. The number of amides is 1. The molecule has 5 nitrogen and oxygen atoms in total. The molecule has 0 atom stereocenters. The van der Waals surface area contributed by atoms with Crippen molar-refractivity contribution in [3.05, 3.63) is 33.9 Å². The van der Waals surface area contributed by atoms with Crippen LogP contribution in [0.3, 0.4) is 0 Å². The van der Waals surface area contributed by atoms with Gasteiger partial charge < -0.3 is 9.64 Å². The summed E-state index contributed by atoms with van der Waals surface area (Å²) in [5.74, 6) is -0.448. The molecular weight excluding hydrogens is 324 g/mol. The van der Waals surface area contributed by atoms with Crippen LogP contribution < -0.4 is 0 Å². The van der Waals surface area contributed by atoms with Crippen LogP contribution in [0.2, 0.25) is 0 Å². The molecule has 6 heteroatoms. The van der Waals surface area contributed by atoms with E-state index in [9.17, 15) is 9.59 Å². The molecule has 0 saturated heterocycles. The molecule has 0 N–H and O–H groups in total. The van der Waals surface area contributed by atoms with Gasteiger partial charge in [-0.25, -0.2) is 9.59 Å². The molecule has 0 fully saturated rings. The van der Waals surface area contributed by atoms with Crippen LogP contribution in [0.25, 0.3) is 10.9 Å². The zero-order chi connectivity index (χ0) is 15.0. The first-order valence-corrected chi connectivity index (χ1v) is 6.78. The van der Waals surface area contributed by atoms with E-state index in [4.69, 9.17) is 4.74 Å². The second-order valence-corrected chi connectivity index (χ2v) is 5.54. The second kappa shape index (κ2) is 5.28. The maximum absolute atomic E-state index is 12.3. The van der Waals surface area contributed by atoms with Gasteiger partial charge in [0.05, 0.1) is 18.2 Å². The summed E-state index contributed by atoms with van der Waals surface area (Å²) in [5.41, 5.74) is 1.67. The van der Waals surface area contributed by atoms with Gasteiger partial charge in [0.15, 0.2) is 0 Å². The van der Waals surface area contributed by atoms with Crippen LogP contribution >= 0.6 is 15.9 Å². The van der Waals surface area contributed by atoms with Gasteiger partial charge in [-0.15, -0.1) is 0 Å². The number of hydrogen-bond acceptors (Lipinski definition) is 3. The Labute approximate surface area is 125 Å². The number of aromatic nitrogens is 1. The van der Waals surface area contributed by atoms with E-state index in [1.54, 1.807) is 27.1 Å². The van der Waals surface area contributed by atoms with Crippen LogP contribution in [0.4, 0.5) is 4.79 Å². The third-order valence-electron chi connectivity index (χ3n) is 3.13. The summed E-state index contributed by atoms with van der Waals surface area (Å²) in [6.07, 6.45) is 0. The van der Waals surface area contributed by atoms with Gasteiger partial charge in [0.25, 0.3) is 0 Å². The summed E-state index contributed by atoms with van der Waals surface area (Å²) in [4.78, 5) is 25.8. The van der Waals surface area contributed by atoms with Crippen molar-refractivity contribution >= 4 is 38.8 Å². The number of ether oxygens (including phenoxy) is 1. The predicted octanol–water partition coefficient (Wildman–Crippen LogP) is 3.03. The van der Waals surface area contributed by atoms with Gasteiger partial charge in [-0.3, -0.25) is 4.57 Å². The average molecular weight is 339 g/mol. The van der Waals surface area contributed by atoms with E-state index < -0.39 is 5.97 Å². The van der Waals surface area contributed by atoms with Gasteiger partial charge in [-0.05, 0) is 25.1 Å². The summed E-state index contributed by atoms with van der Waals surface area (Å²) in [5, 5.41) is 0.693. The molecule has 1 aromatic carbocycles. The Balaban J connectivity index is 2.86. The number of esters is 1. The van der Waals surface area contributed by atoms with Crippen molar-refractivity contribution in [1.29, 1.82) is 0 Å². The number of hydrogen-bond donors (Lipinski definition) is 0. The number of fused-ring (bicyclic) bond motifs is 1.